The summed E-state index contributed by atoms with van der Waals surface area (Å²) in [6.45, 7) is 5.51. The van der Waals surface area contributed by atoms with Crippen molar-refractivity contribution < 1.29 is 14.4 Å². The molecule has 1 aromatic heterocycles. The lowest BCUT2D eigenvalue weighted by atomic mass is 10.1. The molecule has 0 bridgehead atoms. The van der Waals surface area contributed by atoms with Gasteiger partial charge in [-0.25, -0.2) is 5.48 Å². The van der Waals surface area contributed by atoms with Crippen LogP contribution in [0.1, 0.15) is 43.1 Å². The maximum absolute atomic E-state index is 13.0. The van der Waals surface area contributed by atoms with Crippen LogP contribution in [0.5, 0.6) is 0 Å². The molecule has 1 saturated carbocycles. The van der Waals surface area contributed by atoms with Crippen LogP contribution in [0.4, 0.5) is 0 Å². The lowest BCUT2D eigenvalue weighted by Crippen LogP contribution is -2.49. The van der Waals surface area contributed by atoms with Gasteiger partial charge in [-0.05, 0) is 49.8 Å². The van der Waals surface area contributed by atoms with Crippen molar-refractivity contribution in [2.24, 2.45) is 0 Å². The zero-order chi connectivity index (χ0) is 19.1. The predicted molar refractivity (Wildman–Crippen MR) is 103 cm³/mol. The first-order valence-corrected chi connectivity index (χ1v) is 10.1. The first-order valence-electron chi connectivity index (χ1n) is 10.1. The fourth-order valence-corrected chi connectivity index (χ4v) is 3.45. The smallest absolute Gasteiger partial charge is 0.253 e. The highest BCUT2D eigenvalue weighted by Gasteiger charge is 2.37. The average Bonchev–Trinajstić information content (AvgIpc) is 3.54. The van der Waals surface area contributed by atoms with Crippen LogP contribution in [0, 0.1) is 0 Å². The number of carbonyl (C=O) groups is 1. The monoisotopic (exact) mass is 376 g/mol. The van der Waals surface area contributed by atoms with Gasteiger partial charge in [0.2, 0.25) is 0 Å². The van der Waals surface area contributed by atoms with E-state index in [1.54, 1.807) is 7.11 Å². The molecule has 7 heteroatoms. The van der Waals surface area contributed by atoms with Crippen molar-refractivity contribution in [3.63, 3.8) is 0 Å². The summed E-state index contributed by atoms with van der Waals surface area (Å²) < 4.78 is 5.69. The number of hydroxylamine groups is 1. The van der Waals surface area contributed by atoms with Gasteiger partial charge >= 0.3 is 0 Å². The van der Waals surface area contributed by atoms with Gasteiger partial charge in [0.05, 0.1) is 26.0 Å². The lowest BCUT2D eigenvalue weighted by Gasteiger charge is -2.30. The summed E-state index contributed by atoms with van der Waals surface area (Å²) in [5.41, 5.74) is 6.22. The van der Waals surface area contributed by atoms with Gasteiger partial charge in [0.15, 0.2) is 0 Å². The van der Waals surface area contributed by atoms with Gasteiger partial charge in [-0.15, -0.1) is 0 Å². The third kappa shape index (κ3) is 5.97. The van der Waals surface area contributed by atoms with Gasteiger partial charge < -0.3 is 19.8 Å². The number of amides is 1. The molecule has 0 unspecified atom stereocenters. The third-order valence-corrected chi connectivity index (χ3v) is 5.05. The highest BCUT2D eigenvalue weighted by Crippen LogP contribution is 2.29. The summed E-state index contributed by atoms with van der Waals surface area (Å²) >= 11 is 0. The summed E-state index contributed by atoms with van der Waals surface area (Å²) in [6, 6.07) is 4.66. The average molecular weight is 377 g/mol. The number of pyridine rings is 1. The van der Waals surface area contributed by atoms with E-state index >= 15 is 0 Å². The van der Waals surface area contributed by atoms with Gasteiger partial charge in [0.1, 0.15) is 6.10 Å². The first kappa shape index (κ1) is 20.2. The largest absolute Gasteiger partial charge is 0.366 e. The second-order valence-corrected chi connectivity index (χ2v) is 7.27. The zero-order valence-electron chi connectivity index (χ0n) is 16.5. The molecule has 1 atom stereocenters. The molecule has 0 spiro atoms. The van der Waals surface area contributed by atoms with Crippen molar-refractivity contribution in [3.05, 3.63) is 29.1 Å². The lowest BCUT2D eigenvalue weighted by molar-refractivity contribution is -0.146. The van der Waals surface area contributed by atoms with Crippen LogP contribution >= 0.6 is 0 Å². The van der Waals surface area contributed by atoms with E-state index in [9.17, 15) is 4.79 Å². The Morgan fingerprint density at radius 2 is 2.22 bits per heavy atom. The number of hydrogen-bond acceptors (Lipinski definition) is 6. The number of morpholine rings is 1. The van der Waals surface area contributed by atoms with Gasteiger partial charge in [0, 0.05) is 31.4 Å². The van der Waals surface area contributed by atoms with E-state index in [0.29, 0.717) is 25.7 Å². The van der Waals surface area contributed by atoms with Crippen LogP contribution < -0.4 is 10.8 Å². The maximum Gasteiger partial charge on any atom is 0.253 e. The van der Waals surface area contributed by atoms with E-state index in [0.717, 1.165) is 56.6 Å². The predicted octanol–water partition coefficient (Wildman–Crippen LogP) is 1.21. The molecule has 7 nitrogen and oxygen atoms in total. The summed E-state index contributed by atoms with van der Waals surface area (Å²) in [5, 5.41) is 3.25. The van der Waals surface area contributed by atoms with Gasteiger partial charge in [-0.1, -0.05) is 6.92 Å². The van der Waals surface area contributed by atoms with E-state index in [1.165, 1.54) is 5.56 Å². The normalized spacial score (nSPS) is 19.9. The van der Waals surface area contributed by atoms with Crippen molar-refractivity contribution in [2.75, 3.05) is 33.4 Å². The summed E-state index contributed by atoms with van der Waals surface area (Å²) in [7, 11) is 1.63. The number of nitrogens with zero attached hydrogens (tertiary/aromatic N) is 2. The first-order chi connectivity index (χ1) is 13.2. The van der Waals surface area contributed by atoms with E-state index in [4.69, 9.17) is 14.6 Å². The minimum Gasteiger partial charge on any atom is -0.366 e. The van der Waals surface area contributed by atoms with Crippen LogP contribution in [0.25, 0.3) is 0 Å². The Labute approximate surface area is 161 Å². The molecule has 0 aromatic carbocycles. The number of carbonyl (C=O) groups excluding carboxylic acids is 1. The summed E-state index contributed by atoms with van der Waals surface area (Å²) in [4.78, 5) is 24.6. The summed E-state index contributed by atoms with van der Waals surface area (Å²) in [6.07, 6.45) is 4.64. The summed E-state index contributed by atoms with van der Waals surface area (Å²) in [5.74, 6) is 0.0965. The molecule has 1 saturated heterocycles. The van der Waals surface area contributed by atoms with Crippen LogP contribution in [0.15, 0.2) is 12.1 Å². The fraction of sp³-hybridized carbons (Fsp3) is 0.700. The quantitative estimate of drug-likeness (QED) is 0.472. The highest BCUT2D eigenvalue weighted by atomic mass is 16.6. The van der Waals surface area contributed by atoms with Crippen LogP contribution in [-0.2, 0) is 33.8 Å². The molecule has 1 aliphatic carbocycles. The SMILES string of the molecule is CCc1cc(CCCNOC)cc(CN(C(=O)[C@H]2CNCCO2)C2CC2)n1. The number of nitrogens with one attached hydrogen (secondary N) is 2. The molecule has 2 aliphatic rings. The second kappa shape index (κ2) is 10.1. The molecular weight excluding hydrogens is 344 g/mol. The van der Waals surface area contributed by atoms with E-state index in [-0.39, 0.29) is 12.0 Å². The molecule has 3 rings (SSSR count). The number of aryl methyl sites for hydroxylation is 2. The Bertz CT molecular complexity index is 615. The van der Waals surface area contributed by atoms with E-state index in [2.05, 4.69) is 29.9 Å². The molecule has 2 fully saturated rings. The van der Waals surface area contributed by atoms with Crippen LogP contribution in [0.3, 0.4) is 0 Å². The maximum atomic E-state index is 13.0. The minimum absolute atomic E-state index is 0.0965. The molecule has 1 aromatic rings. The van der Waals surface area contributed by atoms with Crippen molar-refractivity contribution in [1.29, 1.82) is 0 Å². The third-order valence-electron chi connectivity index (χ3n) is 5.05. The van der Waals surface area contributed by atoms with Crippen LogP contribution in [0.2, 0.25) is 0 Å². The highest BCUT2D eigenvalue weighted by molar-refractivity contribution is 5.82. The van der Waals surface area contributed by atoms with E-state index < -0.39 is 0 Å². The topological polar surface area (TPSA) is 75.7 Å². The van der Waals surface area contributed by atoms with Crippen molar-refractivity contribution in [3.8, 4) is 0 Å². The Kier molecular flexibility index (Phi) is 7.58. The minimum atomic E-state index is -0.367. The molecule has 2 heterocycles. The molecular formula is C20H32N4O3. The van der Waals surface area contributed by atoms with Crippen molar-refractivity contribution in [2.45, 2.75) is 57.7 Å². The van der Waals surface area contributed by atoms with Gasteiger partial charge in [0.25, 0.3) is 5.91 Å². The molecule has 1 amide bonds. The Morgan fingerprint density at radius 1 is 1.41 bits per heavy atom. The Hall–Kier alpha value is -1.54. The molecule has 2 N–H and O–H groups in total. The standard InChI is InChI=1S/C20H32N4O3/c1-3-16-11-15(5-4-8-22-26-2)12-17(23-16)14-24(18-6-7-18)20(25)19-13-21-9-10-27-19/h11-12,18-19,21-22H,3-10,13-14H2,1-2H3/t19-/m1/s1. The Balaban J connectivity index is 1.68. The molecule has 0 radical (unpaired) electrons. The zero-order valence-corrected chi connectivity index (χ0v) is 16.5. The molecule has 150 valence electrons. The molecule has 27 heavy (non-hydrogen) atoms. The second-order valence-electron chi connectivity index (χ2n) is 7.27. The number of rotatable bonds is 10. The van der Waals surface area contributed by atoms with Gasteiger partial charge in [-0.3, -0.25) is 9.78 Å². The fourth-order valence-electron chi connectivity index (χ4n) is 3.45. The van der Waals surface area contributed by atoms with Crippen LogP contribution in [-0.4, -0.2) is 61.3 Å². The van der Waals surface area contributed by atoms with Crippen molar-refractivity contribution in [1.82, 2.24) is 20.7 Å². The van der Waals surface area contributed by atoms with Gasteiger partial charge in [-0.2, -0.15) is 0 Å². The molecule has 1 aliphatic heterocycles. The number of hydrogen-bond donors (Lipinski definition) is 2. The number of ether oxygens (including phenoxy) is 1. The number of aromatic nitrogens is 1. The Morgan fingerprint density at radius 3 is 2.89 bits per heavy atom. The van der Waals surface area contributed by atoms with Crippen molar-refractivity contribution >= 4 is 5.91 Å². The van der Waals surface area contributed by atoms with E-state index in [1.807, 2.05) is 4.90 Å².